The number of rotatable bonds is 14. The molecule has 226 valence electrons. The van der Waals surface area contributed by atoms with E-state index in [0.717, 1.165) is 0 Å². The summed E-state index contributed by atoms with van der Waals surface area (Å²) in [7, 11) is 0. The van der Waals surface area contributed by atoms with Crippen LogP contribution in [0.1, 0.15) is 108 Å². The van der Waals surface area contributed by atoms with E-state index >= 15 is 0 Å². The highest BCUT2D eigenvalue weighted by Gasteiger charge is 2.21. The maximum Gasteiger partial charge on any atom is 0.0506 e. The number of hydrogen-bond acceptors (Lipinski definition) is 7. The summed E-state index contributed by atoms with van der Waals surface area (Å²) in [6, 6.07) is 13.5. The van der Waals surface area contributed by atoms with Crippen molar-refractivity contribution < 1.29 is 0 Å². The molecule has 0 spiro atoms. The van der Waals surface area contributed by atoms with Crippen LogP contribution in [-0.4, -0.2) is 0 Å². The van der Waals surface area contributed by atoms with Gasteiger partial charge in [0.15, 0.2) is 0 Å². The van der Waals surface area contributed by atoms with E-state index in [-0.39, 0.29) is 0 Å². The SMILES string of the molecule is CCCC1=C(CCC)SC(=Cc2ccc(/C=C/c3ccc(/C=C/c4ccc(C=C5SC(CCC)=C(CCC)S5)s4)s3)s2)S1. The van der Waals surface area contributed by atoms with Crippen LogP contribution in [0.15, 0.2) is 64.5 Å². The third-order valence-corrected chi connectivity index (χ3v) is 15.0. The molecule has 0 bridgehead atoms. The fourth-order valence-electron chi connectivity index (χ4n) is 4.72. The molecule has 7 heteroatoms. The van der Waals surface area contributed by atoms with Gasteiger partial charge in [0.05, 0.1) is 8.47 Å². The largest absolute Gasteiger partial charge is 0.137 e. The van der Waals surface area contributed by atoms with E-state index in [9.17, 15) is 0 Å². The van der Waals surface area contributed by atoms with Gasteiger partial charge in [0, 0.05) is 48.9 Å². The minimum Gasteiger partial charge on any atom is -0.137 e. The molecule has 0 atom stereocenters. The predicted octanol–water partition coefficient (Wildman–Crippen LogP) is 15.4. The maximum absolute atomic E-state index is 2.38. The minimum atomic E-state index is 1.21. The molecule has 0 nitrogen and oxygen atoms in total. The highest BCUT2D eigenvalue weighted by molar-refractivity contribution is 8.29. The molecule has 0 fully saturated rings. The van der Waals surface area contributed by atoms with Gasteiger partial charge in [-0.05, 0) is 98.5 Å². The third kappa shape index (κ3) is 9.71. The lowest BCUT2D eigenvalue weighted by atomic mass is 10.2. The van der Waals surface area contributed by atoms with E-state index in [1.54, 1.807) is 19.6 Å². The summed E-state index contributed by atoms with van der Waals surface area (Å²) in [4.78, 5) is 14.3. The highest BCUT2D eigenvalue weighted by atomic mass is 32.2. The molecule has 2 aliphatic rings. The lowest BCUT2D eigenvalue weighted by Gasteiger charge is -2.00. The van der Waals surface area contributed by atoms with E-state index < -0.39 is 0 Å². The molecule has 0 radical (unpaired) electrons. The monoisotopic (exact) mass is 696 g/mol. The zero-order chi connectivity index (χ0) is 30.0. The second-order valence-corrected chi connectivity index (χ2v) is 18.9. The summed E-state index contributed by atoms with van der Waals surface area (Å²) in [6.45, 7) is 9.13. The van der Waals surface area contributed by atoms with Gasteiger partial charge in [0.2, 0.25) is 0 Å². The van der Waals surface area contributed by atoms with Gasteiger partial charge in [-0.15, -0.1) is 34.0 Å². The maximum atomic E-state index is 2.38. The fourth-order valence-corrected chi connectivity index (χ4v) is 13.4. The molecule has 0 N–H and O–H groups in total. The topological polar surface area (TPSA) is 0 Å². The van der Waals surface area contributed by atoms with Crippen molar-refractivity contribution in [3.8, 4) is 0 Å². The van der Waals surface area contributed by atoms with Crippen molar-refractivity contribution in [1.29, 1.82) is 0 Å². The summed E-state index contributed by atoms with van der Waals surface area (Å²) in [5.41, 5.74) is 0. The number of hydrogen-bond donors (Lipinski definition) is 0. The van der Waals surface area contributed by atoms with Crippen molar-refractivity contribution in [2.24, 2.45) is 0 Å². The first-order valence-electron chi connectivity index (χ1n) is 15.3. The Labute approximate surface area is 288 Å². The van der Waals surface area contributed by atoms with E-state index in [2.05, 4.69) is 101 Å². The molecule has 0 aromatic carbocycles. The van der Waals surface area contributed by atoms with E-state index in [4.69, 9.17) is 0 Å². The lowest BCUT2D eigenvalue weighted by molar-refractivity contribution is 0.905. The minimum absolute atomic E-state index is 1.21. The van der Waals surface area contributed by atoms with Crippen LogP contribution in [0, 0.1) is 0 Å². The van der Waals surface area contributed by atoms with Gasteiger partial charge >= 0.3 is 0 Å². The highest BCUT2D eigenvalue weighted by Crippen LogP contribution is 2.54. The van der Waals surface area contributed by atoms with E-state index in [1.807, 2.05) is 81.1 Å². The lowest BCUT2D eigenvalue weighted by Crippen LogP contribution is -1.78. The molecule has 0 unspecified atom stereocenters. The van der Waals surface area contributed by atoms with Crippen molar-refractivity contribution in [1.82, 2.24) is 0 Å². The predicted molar refractivity (Wildman–Crippen MR) is 211 cm³/mol. The molecular weight excluding hydrogens is 657 g/mol. The fraction of sp³-hybridized carbons (Fsp3) is 0.333. The first-order chi connectivity index (χ1) is 21.1. The molecular formula is C36H40S7. The van der Waals surface area contributed by atoms with Crippen molar-refractivity contribution in [2.75, 3.05) is 0 Å². The van der Waals surface area contributed by atoms with Crippen molar-refractivity contribution in [2.45, 2.75) is 79.1 Å². The Balaban J connectivity index is 1.15. The van der Waals surface area contributed by atoms with Gasteiger partial charge in [0.25, 0.3) is 0 Å². The number of allylic oxidation sites excluding steroid dienone is 4. The normalized spacial score (nSPS) is 15.8. The Kier molecular flexibility index (Phi) is 13.2. The van der Waals surface area contributed by atoms with Gasteiger partial charge in [0.1, 0.15) is 0 Å². The summed E-state index contributed by atoms with van der Waals surface area (Å²) in [5, 5.41) is 0. The van der Waals surface area contributed by atoms with Crippen LogP contribution in [0.3, 0.4) is 0 Å². The second kappa shape index (κ2) is 17.0. The molecule has 2 aliphatic heterocycles. The zero-order valence-electron chi connectivity index (χ0n) is 25.4. The van der Waals surface area contributed by atoms with Gasteiger partial charge in [-0.25, -0.2) is 0 Å². The Morgan fingerprint density at radius 1 is 0.395 bits per heavy atom. The molecule has 5 heterocycles. The summed E-state index contributed by atoms with van der Waals surface area (Å²) >= 11 is 13.6. The zero-order valence-corrected chi connectivity index (χ0v) is 31.2. The Morgan fingerprint density at radius 3 is 0.930 bits per heavy atom. The molecule has 0 aliphatic carbocycles. The summed E-state index contributed by atoms with van der Waals surface area (Å²) in [6.07, 6.45) is 23.5. The smallest absolute Gasteiger partial charge is 0.0506 e. The van der Waals surface area contributed by atoms with Gasteiger partial charge in [-0.3, -0.25) is 0 Å². The van der Waals surface area contributed by atoms with Crippen LogP contribution >= 0.6 is 81.1 Å². The number of thioether (sulfide) groups is 4. The first kappa shape index (κ1) is 33.3. The van der Waals surface area contributed by atoms with Crippen LogP contribution < -0.4 is 0 Å². The van der Waals surface area contributed by atoms with Crippen LogP contribution in [0.2, 0.25) is 0 Å². The number of thiophene rings is 3. The van der Waals surface area contributed by atoms with Gasteiger partial charge in [-0.2, -0.15) is 0 Å². The average molecular weight is 697 g/mol. The average Bonchev–Trinajstić information content (AvgIpc) is 3.82. The molecule has 0 amide bonds. The van der Waals surface area contributed by atoms with Crippen LogP contribution in [0.25, 0.3) is 36.5 Å². The Hall–Kier alpha value is -1.06. The van der Waals surface area contributed by atoms with E-state index in [1.165, 1.54) is 89.1 Å². The van der Waals surface area contributed by atoms with Crippen LogP contribution in [0.5, 0.6) is 0 Å². The molecule has 5 rings (SSSR count). The van der Waals surface area contributed by atoms with E-state index in [0.29, 0.717) is 0 Å². The quantitative estimate of drug-likeness (QED) is 0.164. The third-order valence-electron chi connectivity index (χ3n) is 6.71. The molecule has 0 saturated heterocycles. The molecule has 0 saturated carbocycles. The van der Waals surface area contributed by atoms with Gasteiger partial charge in [-0.1, -0.05) is 100 Å². The molecule has 43 heavy (non-hydrogen) atoms. The Bertz CT molecular complexity index is 1410. The van der Waals surface area contributed by atoms with Crippen LogP contribution in [0.4, 0.5) is 0 Å². The summed E-state index contributed by atoms with van der Waals surface area (Å²) in [5.74, 6) is 0. The Morgan fingerprint density at radius 2 is 0.651 bits per heavy atom. The van der Waals surface area contributed by atoms with Crippen molar-refractivity contribution in [3.05, 3.63) is 93.8 Å². The van der Waals surface area contributed by atoms with Crippen LogP contribution in [-0.2, 0) is 0 Å². The molecule has 3 aromatic rings. The van der Waals surface area contributed by atoms with Gasteiger partial charge < -0.3 is 0 Å². The summed E-state index contributed by atoms with van der Waals surface area (Å²) < 4.78 is 2.87. The van der Waals surface area contributed by atoms with Crippen molar-refractivity contribution in [3.63, 3.8) is 0 Å². The first-order valence-corrected chi connectivity index (χ1v) is 21.0. The molecule has 3 aromatic heterocycles. The standard InChI is InChI=1S/C36H40S7/c1-5-9-31-32(10-6-2)41-35(40-31)23-29-21-19-27(38-29)17-15-25-13-14-26(37-25)16-18-28-20-22-30(39-28)24-36-42-33(11-7-3)34(43-36)12-8-4/h13-24H,5-12H2,1-4H3/b17-15+,18-16+. The second-order valence-electron chi connectivity index (χ2n) is 10.4. The van der Waals surface area contributed by atoms with Crippen molar-refractivity contribution >= 4 is 118 Å².